The first-order chi connectivity index (χ1) is 14.2. The molecule has 2 aromatic heterocycles. The number of nitrogens with zero attached hydrogens (tertiary/aromatic N) is 6. The lowest BCUT2D eigenvalue weighted by atomic mass is 10.2. The Morgan fingerprint density at radius 3 is 2.59 bits per heavy atom. The number of fused-ring (bicyclic) bond motifs is 1. The lowest BCUT2D eigenvalue weighted by molar-refractivity contribution is 0.0708. The molecule has 0 spiro atoms. The first-order valence-corrected chi connectivity index (χ1v) is 9.83. The van der Waals surface area contributed by atoms with E-state index in [1.54, 1.807) is 4.90 Å². The molecule has 0 fully saturated rings. The molecule has 1 aliphatic heterocycles. The van der Waals surface area contributed by atoms with Crippen molar-refractivity contribution in [2.45, 2.75) is 13.1 Å². The predicted octanol–water partition coefficient (Wildman–Crippen LogP) is 3.26. The van der Waals surface area contributed by atoms with E-state index in [4.69, 9.17) is 0 Å². The minimum Gasteiger partial charge on any atom is -0.329 e. The molecule has 0 saturated heterocycles. The third kappa shape index (κ3) is 3.29. The second-order valence-electron chi connectivity index (χ2n) is 6.61. The second kappa shape index (κ2) is 7.17. The molecule has 0 saturated carbocycles. The Bertz CT molecular complexity index is 1170. The van der Waals surface area contributed by atoms with Crippen molar-refractivity contribution in [3.05, 3.63) is 71.8 Å². The van der Waals surface area contributed by atoms with Gasteiger partial charge in [0.2, 0.25) is 0 Å². The van der Waals surface area contributed by atoms with Crippen LogP contribution in [0.2, 0.25) is 0 Å². The molecule has 0 bridgehead atoms. The molecule has 29 heavy (non-hydrogen) atoms. The summed E-state index contributed by atoms with van der Waals surface area (Å²) in [5.41, 5.74) is 1.40. The van der Waals surface area contributed by atoms with Gasteiger partial charge in [-0.3, -0.25) is 4.79 Å². The van der Waals surface area contributed by atoms with E-state index >= 15 is 0 Å². The zero-order valence-electron chi connectivity index (χ0n) is 15.2. The Morgan fingerprint density at radius 1 is 1.00 bits per heavy atom. The van der Waals surface area contributed by atoms with E-state index in [9.17, 15) is 9.18 Å². The largest absolute Gasteiger partial charge is 0.329 e. The summed E-state index contributed by atoms with van der Waals surface area (Å²) in [6.07, 6.45) is 0. The molecule has 9 heteroatoms. The van der Waals surface area contributed by atoms with Gasteiger partial charge in [0.05, 0.1) is 6.54 Å². The van der Waals surface area contributed by atoms with Crippen molar-refractivity contribution in [1.82, 2.24) is 29.0 Å². The summed E-state index contributed by atoms with van der Waals surface area (Å²) in [5.74, 6) is 1.50. The van der Waals surface area contributed by atoms with Crippen molar-refractivity contribution >= 4 is 17.4 Å². The minimum absolute atomic E-state index is 0.150. The van der Waals surface area contributed by atoms with Crippen LogP contribution in [0.4, 0.5) is 4.39 Å². The first kappa shape index (κ1) is 17.6. The molecule has 7 nitrogen and oxygen atoms in total. The Morgan fingerprint density at radius 2 is 1.79 bits per heavy atom. The maximum atomic E-state index is 13.1. The molecule has 1 amide bonds. The number of amides is 1. The average Bonchev–Trinajstić information content (AvgIpc) is 3.41. The molecule has 0 radical (unpaired) electrons. The number of hydrogen-bond acceptors (Lipinski definition) is 6. The highest BCUT2D eigenvalue weighted by Crippen LogP contribution is 2.27. The van der Waals surface area contributed by atoms with Crippen molar-refractivity contribution in [2.24, 2.45) is 0 Å². The number of carbonyl (C=O) groups is 1. The lowest BCUT2D eigenvalue weighted by Gasteiger charge is -2.27. The molecule has 0 N–H and O–H groups in total. The van der Waals surface area contributed by atoms with Crippen molar-refractivity contribution in [1.29, 1.82) is 0 Å². The maximum Gasteiger partial charge on any atom is 0.254 e. The minimum atomic E-state index is -0.364. The average molecular weight is 406 g/mol. The SMILES string of the molecule is O=C(c1ccc(F)cc1)N1CCn2c(nnc2-c2nc(-c3ccccc3)ns2)C1. The van der Waals surface area contributed by atoms with E-state index in [1.807, 2.05) is 34.9 Å². The summed E-state index contributed by atoms with van der Waals surface area (Å²) in [7, 11) is 0. The Hall–Kier alpha value is -3.46. The summed E-state index contributed by atoms with van der Waals surface area (Å²) < 4.78 is 19.5. The molecule has 1 aliphatic rings. The smallest absolute Gasteiger partial charge is 0.254 e. The van der Waals surface area contributed by atoms with Crippen LogP contribution < -0.4 is 0 Å². The van der Waals surface area contributed by atoms with E-state index in [2.05, 4.69) is 19.6 Å². The van der Waals surface area contributed by atoms with E-state index in [1.165, 1.54) is 35.8 Å². The molecule has 3 heterocycles. The van der Waals surface area contributed by atoms with Crippen molar-refractivity contribution in [2.75, 3.05) is 6.54 Å². The number of halogens is 1. The summed E-state index contributed by atoms with van der Waals surface area (Å²) in [6, 6.07) is 15.3. The van der Waals surface area contributed by atoms with Gasteiger partial charge < -0.3 is 9.47 Å². The van der Waals surface area contributed by atoms with E-state index in [0.29, 0.717) is 47.7 Å². The Balaban J connectivity index is 1.38. The number of benzene rings is 2. The van der Waals surface area contributed by atoms with Gasteiger partial charge in [-0.2, -0.15) is 4.37 Å². The number of rotatable bonds is 3. The lowest BCUT2D eigenvalue weighted by Crippen LogP contribution is -2.38. The zero-order chi connectivity index (χ0) is 19.8. The van der Waals surface area contributed by atoms with Gasteiger partial charge in [0, 0.05) is 24.2 Å². The van der Waals surface area contributed by atoms with Crippen LogP contribution in [0.25, 0.3) is 22.2 Å². The third-order valence-electron chi connectivity index (χ3n) is 4.78. The van der Waals surface area contributed by atoms with Crippen LogP contribution >= 0.6 is 11.5 Å². The monoisotopic (exact) mass is 406 g/mol. The number of carbonyl (C=O) groups excluding carboxylic acids is 1. The fourth-order valence-corrected chi connectivity index (χ4v) is 3.96. The zero-order valence-corrected chi connectivity index (χ0v) is 16.0. The van der Waals surface area contributed by atoms with Gasteiger partial charge in [0.1, 0.15) is 5.82 Å². The number of hydrogen-bond donors (Lipinski definition) is 0. The van der Waals surface area contributed by atoms with Crippen LogP contribution in [0.1, 0.15) is 16.2 Å². The highest BCUT2D eigenvalue weighted by atomic mass is 32.1. The fourth-order valence-electron chi connectivity index (χ4n) is 3.28. The van der Waals surface area contributed by atoms with Gasteiger partial charge in [-0.15, -0.1) is 10.2 Å². The van der Waals surface area contributed by atoms with Crippen molar-refractivity contribution in [3.8, 4) is 22.2 Å². The topological polar surface area (TPSA) is 76.8 Å². The van der Waals surface area contributed by atoms with Gasteiger partial charge in [-0.05, 0) is 35.8 Å². The molecule has 4 aromatic rings. The summed E-state index contributed by atoms with van der Waals surface area (Å²) in [6.45, 7) is 1.41. The van der Waals surface area contributed by atoms with Gasteiger partial charge in [0.15, 0.2) is 22.5 Å². The highest BCUT2D eigenvalue weighted by molar-refractivity contribution is 7.09. The molecule has 0 unspecified atom stereocenters. The van der Waals surface area contributed by atoms with Crippen molar-refractivity contribution in [3.63, 3.8) is 0 Å². The molecule has 0 aliphatic carbocycles. The molecular weight excluding hydrogens is 391 g/mol. The summed E-state index contributed by atoms with van der Waals surface area (Å²) >= 11 is 1.28. The maximum absolute atomic E-state index is 13.1. The molecule has 2 aromatic carbocycles. The Kier molecular flexibility index (Phi) is 4.36. The molecule has 5 rings (SSSR count). The fraction of sp³-hybridized carbons (Fsp3) is 0.150. The van der Waals surface area contributed by atoms with E-state index in [0.717, 1.165) is 5.56 Å². The summed E-state index contributed by atoms with van der Waals surface area (Å²) in [5, 5.41) is 9.24. The molecular formula is C20H15FN6OS. The van der Waals surface area contributed by atoms with Gasteiger partial charge in [-0.25, -0.2) is 9.37 Å². The normalized spacial score (nSPS) is 13.3. The predicted molar refractivity (Wildman–Crippen MR) is 106 cm³/mol. The standard InChI is InChI=1S/C20H15FN6OS/c21-15-8-6-14(7-9-15)20(28)26-10-11-27-16(12-26)23-24-18(27)19-22-17(25-29-19)13-4-2-1-3-5-13/h1-9H,10-12H2. The molecule has 144 valence electrons. The van der Waals surface area contributed by atoms with E-state index in [-0.39, 0.29) is 11.7 Å². The quantitative estimate of drug-likeness (QED) is 0.522. The van der Waals surface area contributed by atoms with Gasteiger partial charge in [0.25, 0.3) is 5.91 Å². The van der Waals surface area contributed by atoms with Gasteiger partial charge in [-0.1, -0.05) is 30.3 Å². The van der Waals surface area contributed by atoms with Crippen molar-refractivity contribution < 1.29 is 9.18 Å². The third-order valence-corrected chi connectivity index (χ3v) is 5.49. The second-order valence-corrected chi connectivity index (χ2v) is 7.37. The van der Waals surface area contributed by atoms with Crippen LogP contribution in [-0.4, -0.2) is 41.5 Å². The molecule has 0 atom stereocenters. The van der Waals surface area contributed by atoms with Crippen LogP contribution in [0, 0.1) is 5.82 Å². The summed E-state index contributed by atoms with van der Waals surface area (Å²) in [4.78, 5) is 19.0. The number of aromatic nitrogens is 5. The van der Waals surface area contributed by atoms with Crippen LogP contribution in [-0.2, 0) is 13.1 Å². The van der Waals surface area contributed by atoms with Gasteiger partial charge >= 0.3 is 0 Å². The highest BCUT2D eigenvalue weighted by Gasteiger charge is 2.27. The van der Waals surface area contributed by atoms with E-state index < -0.39 is 0 Å². The van der Waals surface area contributed by atoms with Crippen LogP contribution in [0.15, 0.2) is 54.6 Å². The first-order valence-electron chi connectivity index (χ1n) is 9.05. The van der Waals surface area contributed by atoms with Crippen LogP contribution in [0.3, 0.4) is 0 Å². The van der Waals surface area contributed by atoms with Crippen LogP contribution in [0.5, 0.6) is 0 Å². The Labute approximate surface area is 169 Å².